The van der Waals surface area contributed by atoms with Crippen LogP contribution >= 0.6 is 0 Å². The van der Waals surface area contributed by atoms with Crippen molar-refractivity contribution in [3.63, 3.8) is 0 Å². The molecule has 0 aliphatic carbocycles. The lowest BCUT2D eigenvalue weighted by Crippen LogP contribution is -2.43. The van der Waals surface area contributed by atoms with Crippen LogP contribution in [0.2, 0.25) is 0 Å². The number of anilines is 4. The zero-order valence-corrected chi connectivity index (χ0v) is 19.1. The first kappa shape index (κ1) is 22.2. The number of amides is 1. The average molecular weight is 447 g/mol. The second-order valence-electron chi connectivity index (χ2n) is 7.91. The van der Waals surface area contributed by atoms with E-state index in [0.29, 0.717) is 41.7 Å². The minimum atomic E-state index is -0.103. The molecule has 1 aliphatic rings. The fourth-order valence-electron chi connectivity index (χ4n) is 3.74. The van der Waals surface area contributed by atoms with Crippen LogP contribution in [0, 0.1) is 18.3 Å². The van der Waals surface area contributed by atoms with Gasteiger partial charge in [-0.05, 0) is 38.5 Å². The Balaban J connectivity index is 1.68. The normalized spacial score (nSPS) is 13.8. The first-order valence-electron chi connectivity index (χ1n) is 10.7. The Bertz CT molecular complexity index is 1230. The number of carbonyl (C=O) groups excluding carboxylic acids is 1. The van der Waals surface area contributed by atoms with E-state index in [4.69, 9.17) is 9.72 Å². The highest BCUT2D eigenvalue weighted by atomic mass is 16.5. The average Bonchev–Trinajstić information content (AvgIpc) is 3.24. The number of nitrogens with one attached hydrogen (secondary N) is 2. The molecule has 33 heavy (non-hydrogen) atoms. The Hall–Kier alpha value is -3.97. The molecule has 2 N–H and O–H groups in total. The summed E-state index contributed by atoms with van der Waals surface area (Å²) in [5.41, 5.74) is 4.16. The van der Waals surface area contributed by atoms with Crippen molar-refractivity contribution in [2.24, 2.45) is 0 Å². The highest BCUT2D eigenvalue weighted by Crippen LogP contribution is 2.33. The minimum absolute atomic E-state index is 0.0715. The van der Waals surface area contributed by atoms with Crippen molar-refractivity contribution in [3.05, 3.63) is 47.7 Å². The fraction of sp³-hybridized carbons (Fsp3) is 0.348. The number of aromatic nitrogens is 4. The van der Waals surface area contributed by atoms with E-state index in [1.807, 2.05) is 48.6 Å². The van der Waals surface area contributed by atoms with Gasteiger partial charge in [0.05, 0.1) is 41.6 Å². The number of nitriles is 1. The number of fused-ring (bicyclic) bond motifs is 1. The van der Waals surface area contributed by atoms with Gasteiger partial charge >= 0.3 is 0 Å². The number of hydrogen-bond acceptors (Lipinski definition) is 8. The molecule has 3 aromatic rings. The van der Waals surface area contributed by atoms with Crippen LogP contribution in [0.1, 0.15) is 30.8 Å². The number of imidazole rings is 1. The zero-order chi connectivity index (χ0) is 23.5. The van der Waals surface area contributed by atoms with Crippen LogP contribution in [0.5, 0.6) is 0 Å². The molecular formula is C23H26N8O2. The van der Waals surface area contributed by atoms with Crippen molar-refractivity contribution >= 4 is 29.0 Å². The largest absolute Gasteiger partial charge is 0.380 e. The number of hydrogen-bond donors (Lipinski definition) is 2. The summed E-state index contributed by atoms with van der Waals surface area (Å²) in [7, 11) is 1.64. The number of carbonyl (C=O) groups is 1. The molecule has 3 heterocycles. The number of ether oxygens (including phenoxy) is 1. The maximum Gasteiger partial charge on any atom is 0.244 e. The van der Waals surface area contributed by atoms with Gasteiger partial charge in [-0.3, -0.25) is 4.79 Å². The summed E-state index contributed by atoms with van der Waals surface area (Å²) in [5.74, 6) is 0.944. The Morgan fingerprint density at radius 1 is 1.36 bits per heavy atom. The number of methoxy groups -OCH3 is 1. The van der Waals surface area contributed by atoms with Crippen LogP contribution in [-0.2, 0) is 16.0 Å². The molecule has 0 saturated carbocycles. The van der Waals surface area contributed by atoms with Crippen LogP contribution in [0.25, 0.3) is 5.69 Å². The second-order valence-corrected chi connectivity index (χ2v) is 7.91. The van der Waals surface area contributed by atoms with E-state index < -0.39 is 0 Å². The van der Waals surface area contributed by atoms with Crippen LogP contribution in [0.4, 0.5) is 23.1 Å². The Kier molecular flexibility index (Phi) is 6.24. The van der Waals surface area contributed by atoms with Gasteiger partial charge in [-0.1, -0.05) is 6.92 Å². The Morgan fingerprint density at radius 2 is 2.18 bits per heavy atom. The summed E-state index contributed by atoms with van der Waals surface area (Å²) in [4.78, 5) is 27.7. The number of aryl methyl sites for hydroxylation is 2. The number of rotatable bonds is 7. The SMILES string of the molecule is CCc1nc(Nc2ccc(-n3cnc(C)c3)c(C#N)c2)nc2c1NC(=O)CN2CC(C)OC. The van der Waals surface area contributed by atoms with Crippen molar-refractivity contribution in [3.8, 4) is 11.8 Å². The molecule has 0 bridgehead atoms. The summed E-state index contributed by atoms with van der Waals surface area (Å²) >= 11 is 0. The molecule has 1 atom stereocenters. The molecule has 2 aromatic heterocycles. The maximum atomic E-state index is 12.3. The van der Waals surface area contributed by atoms with Gasteiger partial charge in [-0.2, -0.15) is 10.2 Å². The van der Waals surface area contributed by atoms with Gasteiger partial charge in [0.15, 0.2) is 5.82 Å². The predicted molar refractivity (Wildman–Crippen MR) is 125 cm³/mol. The first-order valence-corrected chi connectivity index (χ1v) is 10.7. The topological polar surface area (TPSA) is 121 Å². The molecule has 0 fully saturated rings. The summed E-state index contributed by atoms with van der Waals surface area (Å²) in [6.07, 6.45) is 4.10. The predicted octanol–water partition coefficient (Wildman–Crippen LogP) is 2.94. The van der Waals surface area contributed by atoms with Gasteiger partial charge in [0.2, 0.25) is 11.9 Å². The van der Waals surface area contributed by atoms with Crippen LogP contribution in [0.15, 0.2) is 30.7 Å². The van der Waals surface area contributed by atoms with Crippen molar-refractivity contribution in [1.82, 2.24) is 19.5 Å². The van der Waals surface area contributed by atoms with E-state index in [-0.39, 0.29) is 18.6 Å². The molecule has 10 heteroatoms. The molecule has 170 valence electrons. The number of nitrogens with zero attached hydrogens (tertiary/aromatic N) is 6. The monoisotopic (exact) mass is 446 g/mol. The van der Waals surface area contributed by atoms with Gasteiger partial charge in [-0.25, -0.2) is 9.97 Å². The lowest BCUT2D eigenvalue weighted by molar-refractivity contribution is -0.115. The van der Waals surface area contributed by atoms with Crippen LogP contribution in [0.3, 0.4) is 0 Å². The summed E-state index contributed by atoms with van der Waals surface area (Å²) in [6, 6.07) is 7.72. The molecule has 1 aromatic carbocycles. The molecule has 4 rings (SSSR count). The summed E-state index contributed by atoms with van der Waals surface area (Å²) < 4.78 is 7.21. The summed E-state index contributed by atoms with van der Waals surface area (Å²) in [5, 5.41) is 15.8. The standard InChI is InChI=1S/C23H26N8O2/c1-5-18-21-22(30(11-15(3)33-4)12-20(32)28-21)29-23(27-18)26-17-6-7-19(16(8-17)9-24)31-10-14(2)25-13-31/h6-8,10,13,15H,5,11-12H2,1-4H3,(H,28,32)(H,26,27,29). The number of benzene rings is 1. The molecule has 10 nitrogen and oxygen atoms in total. The maximum absolute atomic E-state index is 12.3. The molecule has 1 aliphatic heterocycles. The van der Waals surface area contributed by atoms with Gasteiger partial charge in [0.25, 0.3) is 0 Å². The third-order valence-electron chi connectivity index (χ3n) is 5.44. The second kappa shape index (κ2) is 9.26. The molecular weight excluding hydrogens is 420 g/mol. The van der Waals surface area contributed by atoms with Gasteiger partial charge in [0.1, 0.15) is 11.8 Å². The van der Waals surface area contributed by atoms with Crippen LogP contribution < -0.4 is 15.5 Å². The van der Waals surface area contributed by atoms with E-state index >= 15 is 0 Å². The third kappa shape index (κ3) is 4.63. The van der Waals surface area contributed by atoms with Gasteiger partial charge in [0, 0.05) is 25.5 Å². The fourth-order valence-corrected chi connectivity index (χ4v) is 3.74. The van der Waals surface area contributed by atoms with Crippen molar-refractivity contribution in [1.29, 1.82) is 5.26 Å². The first-order chi connectivity index (χ1) is 15.9. The molecule has 0 radical (unpaired) electrons. The summed E-state index contributed by atoms with van der Waals surface area (Å²) in [6.45, 7) is 6.54. The van der Waals surface area contributed by atoms with E-state index in [1.54, 1.807) is 19.5 Å². The minimum Gasteiger partial charge on any atom is -0.380 e. The Labute approximate surface area is 192 Å². The lowest BCUT2D eigenvalue weighted by atomic mass is 10.1. The van der Waals surface area contributed by atoms with Crippen molar-refractivity contribution < 1.29 is 9.53 Å². The highest BCUT2D eigenvalue weighted by Gasteiger charge is 2.28. The van der Waals surface area contributed by atoms with Crippen LogP contribution in [-0.4, -0.2) is 51.7 Å². The van der Waals surface area contributed by atoms with Gasteiger partial charge < -0.3 is 24.8 Å². The highest BCUT2D eigenvalue weighted by molar-refractivity contribution is 6.01. The molecule has 0 spiro atoms. The molecule has 1 unspecified atom stereocenters. The van der Waals surface area contributed by atoms with Gasteiger partial charge in [-0.15, -0.1) is 0 Å². The third-order valence-corrected chi connectivity index (χ3v) is 5.44. The van der Waals surface area contributed by atoms with E-state index in [1.165, 1.54) is 0 Å². The lowest BCUT2D eigenvalue weighted by Gasteiger charge is -2.32. The quantitative estimate of drug-likeness (QED) is 0.568. The van der Waals surface area contributed by atoms with Crippen molar-refractivity contribution in [2.75, 3.05) is 35.7 Å². The molecule has 1 amide bonds. The smallest absolute Gasteiger partial charge is 0.244 e. The zero-order valence-electron chi connectivity index (χ0n) is 19.1. The molecule has 0 saturated heterocycles. The van der Waals surface area contributed by atoms with E-state index in [2.05, 4.69) is 26.7 Å². The van der Waals surface area contributed by atoms with Crippen molar-refractivity contribution in [2.45, 2.75) is 33.3 Å². The van der Waals surface area contributed by atoms with E-state index in [0.717, 1.165) is 17.1 Å². The Morgan fingerprint density at radius 3 is 2.85 bits per heavy atom. The van der Waals surface area contributed by atoms with E-state index in [9.17, 15) is 10.1 Å².